The fraction of sp³-hybridized carbons (Fsp3) is 0.200. The molecule has 0 fully saturated rings. The maximum Gasteiger partial charge on any atom is 0.147 e. The van der Waals surface area contributed by atoms with Crippen LogP contribution in [0.1, 0.15) is 13.8 Å². The SMILES string of the molecule is CC.COc1ccc(-c2ccc(S(=O)Cl)cc2)cc1. The normalized spacial score (nSPS) is 11.2. The van der Waals surface area contributed by atoms with Gasteiger partial charge in [-0.15, -0.1) is 0 Å². The van der Waals surface area contributed by atoms with E-state index >= 15 is 0 Å². The Morgan fingerprint density at radius 3 is 1.68 bits per heavy atom. The number of hydrogen-bond acceptors (Lipinski definition) is 2. The Morgan fingerprint density at radius 1 is 0.895 bits per heavy atom. The van der Waals surface area contributed by atoms with Crippen LogP contribution in [0.25, 0.3) is 11.1 Å². The number of hydrogen-bond donors (Lipinski definition) is 0. The monoisotopic (exact) mass is 296 g/mol. The standard InChI is InChI=1S/C13H11ClO2S.C2H6/c1-16-12-6-2-10(3-7-12)11-4-8-13(9-5-11)17(14)15;1-2/h2-9H,1H3;1-2H3. The van der Waals surface area contributed by atoms with Gasteiger partial charge in [0.2, 0.25) is 0 Å². The largest absolute Gasteiger partial charge is 0.497 e. The van der Waals surface area contributed by atoms with E-state index in [9.17, 15) is 4.21 Å². The van der Waals surface area contributed by atoms with E-state index in [1.54, 1.807) is 19.2 Å². The van der Waals surface area contributed by atoms with Crippen LogP contribution < -0.4 is 4.74 Å². The summed E-state index contributed by atoms with van der Waals surface area (Å²) in [6.07, 6.45) is 0. The first kappa shape index (κ1) is 15.7. The van der Waals surface area contributed by atoms with Crippen molar-refractivity contribution in [2.45, 2.75) is 18.7 Å². The average molecular weight is 297 g/mol. The first-order valence-electron chi connectivity index (χ1n) is 6.03. The Bertz CT molecular complexity index is 521. The molecule has 0 aromatic heterocycles. The van der Waals surface area contributed by atoms with Crippen molar-refractivity contribution in [2.24, 2.45) is 0 Å². The summed E-state index contributed by atoms with van der Waals surface area (Å²) in [5, 5.41) is 0. The van der Waals surface area contributed by atoms with Crippen molar-refractivity contribution in [3.8, 4) is 16.9 Å². The topological polar surface area (TPSA) is 26.3 Å². The number of ether oxygens (including phenoxy) is 1. The van der Waals surface area contributed by atoms with Gasteiger partial charge in [0.15, 0.2) is 0 Å². The lowest BCUT2D eigenvalue weighted by molar-refractivity contribution is 0.415. The summed E-state index contributed by atoms with van der Waals surface area (Å²) in [7, 11) is 5.69. The van der Waals surface area contributed by atoms with Crippen molar-refractivity contribution in [2.75, 3.05) is 7.11 Å². The molecule has 0 saturated carbocycles. The van der Waals surface area contributed by atoms with Crippen LogP contribution in [0.4, 0.5) is 0 Å². The molecular formula is C15H17ClO2S. The summed E-state index contributed by atoms with van der Waals surface area (Å²) in [5.41, 5.74) is 2.14. The van der Waals surface area contributed by atoms with Crippen molar-refractivity contribution < 1.29 is 8.95 Å². The van der Waals surface area contributed by atoms with E-state index in [0.717, 1.165) is 16.9 Å². The molecule has 2 rings (SSSR count). The third-order valence-corrected chi connectivity index (χ3v) is 3.64. The van der Waals surface area contributed by atoms with Gasteiger partial charge in [0.1, 0.15) is 15.8 Å². The summed E-state index contributed by atoms with van der Waals surface area (Å²) < 4.78 is 16.1. The Labute approximate surface area is 121 Å². The quantitative estimate of drug-likeness (QED) is 0.771. The highest BCUT2D eigenvalue weighted by Gasteiger charge is 2.01. The molecule has 0 spiro atoms. The van der Waals surface area contributed by atoms with Crippen LogP contribution in [0.2, 0.25) is 0 Å². The summed E-state index contributed by atoms with van der Waals surface area (Å²) in [6, 6.07) is 15.1. The molecule has 0 heterocycles. The van der Waals surface area contributed by atoms with Crippen molar-refractivity contribution in [3.05, 3.63) is 48.5 Å². The second-order valence-corrected chi connectivity index (χ2v) is 5.24. The lowest BCUT2D eigenvalue weighted by Gasteiger charge is -2.04. The zero-order chi connectivity index (χ0) is 14.3. The van der Waals surface area contributed by atoms with Gasteiger partial charge in [0.05, 0.1) is 12.0 Å². The number of benzene rings is 2. The van der Waals surface area contributed by atoms with Gasteiger partial charge in [-0.1, -0.05) is 38.1 Å². The third-order valence-electron chi connectivity index (χ3n) is 2.46. The van der Waals surface area contributed by atoms with Gasteiger partial charge >= 0.3 is 0 Å². The molecule has 0 aliphatic carbocycles. The average Bonchev–Trinajstić information content (AvgIpc) is 2.49. The molecule has 1 atom stereocenters. The highest BCUT2D eigenvalue weighted by Crippen LogP contribution is 2.23. The second kappa shape index (κ2) is 7.97. The molecule has 102 valence electrons. The van der Waals surface area contributed by atoms with Crippen molar-refractivity contribution >= 4 is 20.7 Å². The van der Waals surface area contributed by atoms with Gasteiger partial charge < -0.3 is 4.74 Å². The predicted octanol–water partition coefficient (Wildman–Crippen LogP) is 4.65. The van der Waals surface area contributed by atoms with Crippen LogP contribution in [0, 0.1) is 0 Å². The predicted molar refractivity (Wildman–Crippen MR) is 82.0 cm³/mol. The van der Waals surface area contributed by atoms with Crippen molar-refractivity contribution in [1.82, 2.24) is 0 Å². The maximum absolute atomic E-state index is 11.0. The van der Waals surface area contributed by atoms with E-state index < -0.39 is 10.0 Å². The van der Waals surface area contributed by atoms with E-state index in [2.05, 4.69) is 0 Å². The number of rotatable bonds is 3. The highest BCUT2D eigenvalue weighted by atomic mass is 35.7. The van der Waals surface area contributed by atoms with Crippen LogP contribution in [-0.2, 0) is 10.0 Å². The molecule has 0 N–H and O–H groups in total. The number of methoxy groups -OCH3 is 1. The summed E-state index contributed by atoms with van der Waals surface area (Å²) in [6.45, 7) is 4.00. The number of halogens is 1. The van der Waals surface area contributed by atoms with Gasteiger partial charge in [-0.25, -0.2) is 4.21 Å². The molecule has 0 radical (unpaired) electrons. The van der Waals surface area contributed by atoms with Gasteiger partial charge in [0, 0.05) is 0 Å². The van der Waals surface area contributed by atoms with Crippen molar-refractivity contribution in [3.63, 3.8) is 0 Å². The molecule has 0 amide bonds. The Hall–Kier alpha value is -1.32. The van der Waals surface area contributed by atoms with Crippen LogP contribution >= 0.6 is 10.7 Å². The van der Waals surface area contributed by atoms with Crippen LogP contribution in [0.15, 0.2) is 53.4 Å². The molecule has 2 nitrogen and oxygen atoms in total. The zero-order valence-electron chi connectivity index (χ0n) is 11.2. The van der Waals surface area contributed by atoms with E-state index in [1.165, 1.54) is 0 Å². The van der Waals surface area contributed by atoms with Gasteiger partial charge in [-0.2, -0.15) is 0 Å². The van der Waals surface area contributed by atoms with Gasteiger partial charge in [0.25, 0.3) is 0 Å². The first-order valence-corrected chi connectivity index (χ1v) is 8.01. The molecule has 2 aromatic rings. The summed E-state index contributed by atoms with van der Waals surface area (Å²) in [5.74, 6) is 0.826. The molecular weight excluding hydrogens is 280 g/mol. The summed E-state index contributed by atoms with van der Waals surface area (Å²) >= 11 is 0. The third kappa shape index (κ3) is 4.37. The van der Waals surface area contributed by atoms with Gasteiger partial charge in [-0.05, 0) is 46.1 Å². The lowest BCUT2D eigenvalue weighted by atomic mass is 10.1. The highest BCUT2D eigenvalue weighted by molar-refractivity contribution is 8.08. The molecule has 4 heteroatoms. The first-order chi connectivity index (χ1) is 9.20. The molecule has 0 saturated heterocycles. The second-order valence-electron chi connectivity index (χ2n) is 3.48. The molecule has 2 aromatic carbocycles. The van der Waals surface area contributed by atoms with E-state index in [0.29, 0.717) is 4.90 Å². The molecule has 19 heavy (non-hydrogen) atoms. The van der Waals surface area contributed by atoms with Crippen LogP contribution in [-0.4, -0.2) is 11.3 Å². The van der Waals surface area contributed by atoms with Crippen LogP contribution in [0.3, 0.4) is 0 Å². The smallest absolute Gasteiger partial charge is 0.147 e. The molecule has 0 aliphatic heterocycles. The minimum atomic E-state index is -1.45. The Morgan fingerprint density at radius 2 is 1.32 bits per heavy atom. The van der Waals surface area contributed by atoms with E-state index in [4.69, 9.17) is 15.4 Å². The Balaban J connectivity index is 0.000000861. The molecule has 0 aliphatic rings. The minimum absolute atomic E-state index is 0.615. The maximum atomic E-state index is 11.0. The molecule has 0 bridgehead atoms. The fourth-order valence-corrected chi connectivity index (χ4v) is 2.20. The van der Waals surface area contributed by atoms with Crippen LogP contribution in [0.5, 0.6) is 5.75 Å². The van der Waals surface area contributed by atoms with E-state index in [1.807, 2.05) is 50.2 Å². The lowest BCUT2D eigenvalue weighted by Crippen LogP contribution is -1.84. The minimum Gasteiger partial charge on any atom is -0.497 e. The van der Waals surface area contributed by atoms with Gasteiger partial charge in [-0.3, -0.25) is 0 Å². The van der Waals surface area contributed by atoms with E-state index in [-0.39, 0.29) is 0 Å². The molecule has 1 unspecified atom stereocenters. The Kier molecular flexibility index (Phi) is 6.60. The summed E-state index contributed by atoms with van der Waals surface area (Å²) in [4.78, 5) is 0.615. The zero-order valence-corrected chi connectivity index (χ0v) is 12.8. The van der Waals surface area contributed by atoms with Crippen molar-refractivity contribution in [1.29, 1.82) is 0 Å². The fourth-order valence-electron chi connectivity index (χ4n) is 1.54.